The fourth-order valence-corrected chi connectivity index (χ4v) is 1.32. The Morgan fingerprint density at radius 1 is 1.33 bits per heavy atom. The third-order valence-electron chi connectivity index (χ3n) is 2.09. The van der Waals surface area contributed by atoms with Crippen LogP contribution >= 0.6 is 12.4 Å². The molecule has 1 saturated heterocycles. The van der Waals surface area contributed by atoms with Gasteiger partial charge in [-0.15, -0.1) is 12.4 Å². The smallest absolute Gasteiger partial charge is 0.324 e. The van der Waals surface area contributed by atoms with E-state index in [1.54, 1.807) is 0 Å². The predicted molar refractivity (Wildman–Crippen MR) is 44.8 cm³/mol. The number of hydrogen-bond acceptors (Lipinski definition) is 2. The van der Waals surface area contributed by atoms with Gasteiger partial charge in [-0.25, -0.2) is 0 Å². The van der Waals surface area contributed by atoms with Crippen molar-refractivity contribution in [3.63, 3.8) is 0 Å². The van der Waals surface area contributed by atoms with Crippen LogP contribution in [0.4, 0.5) is 8.78 Å². The second-order valence-corrected chi connectivity index (χ2v) is 2.79. The highest BCUT2D eigenvalue weighted by molar-refractivity contribution is 5.85. The number of alkyl halides is 2. The summed E-state index contributed by atoms with van der Waals surface area (Å²) in [6, 6.07) is 0. The average Bonchev–Trinajstić information content (AvgIpc) is 2.06. The summed E-state index contributed by atoms with van der Waals surface area (Å²) in [4.78, 5) is 0. The first-order valence-corrected chi connectivity index (χ1v) is 3.80. The van der Waals surface area contributed by atoms with Gasteiger partial charge >= 0.3 is 6.11 Å². The maximum absolute atomic E-state index is 12.8. The Hall–Kier alpha value is 0.0700. The normalized spacial score (nSPS) is 20.2. The van der Waals surface area contributed by atoms with Crippen molar-refractivity contribution >= 4 is 12.4 Å². The van der Waals surface area contributed by atoms with Crippen LogP contribution in [-0.2, 0) is 4.74 Å². The van der Waals surface area contributed by atoms with Crippen LogP contribution in [0.5, 0.6) is 0 Å². The second kappa shape index (κ2) is 4.94. The first-order valence-electron chi connectivity index (χ1n) is 3.80. The monoisotopic (exact) mass is 201 g/mol. The molecule has 0 saturated carbocycles. The highest BCUT2D eigenvalue weighted by Gasteiger charge is 2.39. The van der Waals surface area contributed by atoms with Crippen molar-refractivity contribution < 1.29 is 13.5 Å². The zero-order valence-electron chi connectivity index (χ0n) is 6.98. The van der Waals surface area contributed by atoms with Crippen LogP contribution in [-0.4, -0.2) is 26.3 Å². The maximum Gasteiger partial charge on any atom is 0.358 e. The molecule has 0 aromatic heterocycles. The van der Waals surface area contributed by atoms with E-state index in [0.29, 0.717) is 25.9 Å². The van der Waals surface area contributed by atoms with Gasteiger partial charge in [0.1, 0.15) is 0 Å². The molecule has 1 aliphatic heterocycles. The summed E-state index contributed by atoms with van der Waals surface area (Å²) in [6.07, 6.45) is -1.93. The summed E-state index contributed by atoms with van der Waals surface area (Å²) >= 11 is 0. The molecule has 0 aliphatic carbocycles. The van der Waals surface area contributed by atoms with Gasteiger partial charge in [0.15, 0.2) is 0 Å². The fourth-order valence-electron chi connectivity index (χ4n) is 1.32. The van der Waals surface area contributed by atoms with Crippen LogP contribution in [0.25, 0.3) is 0 Å². The molecule has 0 radical (unpaired) electrons. The maximum atomic E-state index is 12.8. The van der Waals surface area contributed by atoms with Crippen LogP contribution in [0.2, 0.25) is 0 Å². The minimum atomic E-state index is -2.93. The van der Waals surface area contributed by atoms with Gasteiger partial charge in [0.05, 0.1) is 5.92 Å². The number of methoxy groups -OCH3 is 1. The minimum absolute atomic E-state index is 0. The molecule has 0 bridgehead atoms. The van der Waals surface area contributed by atoms with Crippen LogP contribution < -0.4 is 5.32 Å². The Bertz CT molecular complexity index is 129. The fraction of sp³-hybridized carbons (Fsp3) is 1.00. The third-order valence-corrected chi connectivity index (χ3v) is 2.09. The van der Waals surface area contributed by atoms with Gasteiger partial charge in [-0.3, -0.25) is 0 Å². The van der Waals surface area contributed by atoms with Crippen molar-refractivity contribution in [2.24, 2.45) is 5.92 Å². The van der Waals surface area contributed by atoms with E-state index in [1.807, 2.05) is 0 Å². The van der Waals surface area contributed by atoms with Crippen LogP contribution in [0.15, 0.2) is 0 Å². The van der Waals surface area contributed by atoms with Crippen LogP contribution in [0, 0.1) is 5.92 Å². The molecule has 0 unspecified atom stereocenters. The molecule has 0 aromatic rings. The SMILES string of the molecule is COC(F)(F)C1CCNCC1.Cl. The largest absolute Gasteiger partial charge is 0.358 e. The van der Waals surface area contributed by atoms with Gasteiger partial charge in [-0.2, -0.15) is 8.78 Å². The molecule has 12 heavy (non-hydrogen) atoms. The summed E-state index contributed by atoms with van der Waals surface area (Å²) in [5.74, 6) is -0.603. The Kier molecular flexibility index (Phi) is 4.97. The zero-order valence-corrected chi connectivity index (χ0v) is 7.79. The Balaban J connectivity index is 0.00000121. The van der Waals surface area contributed by atoms with Crippen molar-refractivity contribution in [3.8, 4) is 0 Å². The molecule has 74 valence electrons. The molecule has 0 atom stereocenters. The van der Waals surface area contributed by atoms with Gasteiger partial charge in [-0.1, -0.05) is 0 Å². The lowest BCUT2D eigenvalue weighted by atomic mass is 9.97. The van der Waals surface area contributed by atoms with Crippen molar-refractivity contribution in [3.05, 3.63) is 0 Å². The van der Waals surface area contributed by atoms with E-state index in [1.165, 1.54) is 0 Å². The molecule has 2 nitrogen and oxygen atoms in total. The quantitative estimate of drug-likeness (QED) is 0.734. The number of halogens is 3. The number of hydrogen-bond donors (Lipinski definition) is 1. The second-order valence-electron chi connectivity index (χ2n) is 2.79. The minimum Gasteiger partial charge on any atom is -0.324 e. The first kappa shape index (κ1) is 12.1. The van der Waals surface area contributed by atoms with Crippen molar-refractivity contribution in [2.45, 2.75) is 19.0 Å². The van der Waals surface area contributed by atoms with Gasteiger partial charge in [0, 0.05) is 7.11 Å². The summed E-state index contributed by atoms with van der Waals surface area (Å²) in [5, 5.41) is 3.02. The molecular weight excluding hydrogens is 188 g/mol. The highest BCUT2D eigenvalue weighted by Crippen LogP contribution is 2.31. The molecule has 1 rings (SSSR count). The first-order chi connectivity index (χ1) is 5.17. The lowest BCUT2D eigenvalue weighted by Crippen LogP contribution is -2.39. The summed E-state index contributed by atoms with van der Waals surface area (Å²) in [7, 11) is 1.06. The standard InChI is InChI=1S/C7H13F2NO.ClH/c1-11-7(8,9)6-2-4-10-5-3-6;/h6,10H,2-5H2,1H3;1H. The van der Waals surface area contributed by atoms with Gasteiger partial charge < -0.3 is 10.1 Å². The van der Waals surface area contributed by atoms with E-state index in [0.717, 1.165) is 7.11 Å². The zero-order chi connectivity index (χ0) is 8.32. The average molecular weight is 202 g/mol. The van der Waals surface area contributed by atoms with Gasteiger partial charge in [-0.05, 0) is 25.9 Å². The Morgan fingerprint density at radius 3 is 2.25 bits per heavy atom. The van der Waals surface area contributed by atoms with Gasteiger partial charge in [0.25, 0.3) is 0 Å². The molecule has 5 heteroatoms. The summed E-state index contributed by atoms with van der Waals surface area (Å²) < 4.78 is 29.7. The number of rotatable bonds is 2. The van der Waals surface area contributed by atoms with E-state index in [2.05, 4.69) is 10.1 Å². The molecule has 1 N–H and O–H groups in total. The third kappa shape index (κ3) is 2.84. The predicted octanol–water partition coefficient (Wildman–Crippen LogP) is 1.65. The van der Waals surface area contributed by atoms with E-state index >= 15 is 0 Å². The Morgan fingerprint density at radius 2 is 1.83 bits per heavy atom. The molecule has 0 spiro atoms. The number of piperidine rings is 1. The summed E-state index contributed by atoms with van der Waals surface area (Å²) in [6.45, 7) is 1.34. The van der Waals surface area contributed by atoms with E-state index in [-0.39, 0.29) is 12.4 Å². The molecule has 0 amide bonds. The highest BCUT2D eigenvalue weighted by atomic mass is 35.5. The van der Waals surface area contributed by atoms with E-state index in [9.17, 15) is 8.78 Å². The van der Waals surface area contributed by atoms with E-state index in [4.69, 9.17) is 0 Å². The molecule has 1 heterocycles. The van der Waals surface area contributed by atoms with Crippen molar-refractivity contribution in [1.29, 1.82) is 0 Å². The van der Waals surface area contributed by atoms with E-state index < -0.39 is 12.0 Å². The van der Waals surface area contributed by atoms with Crippen molar-refractivity contribution in [1.82, 2.24) is 5.32 Å². The van der Waals surface area contributed by atoms with Crippen LogP contribution in [0.3, 0.4) is 0 Å². The number of nitrogens with one attached hydrogen (secondary N) is 1. The number of ether oxygens (including phenoxy) is 1. The lowest BCUT2D eigenvalue weighted by Gasteiger charge is -2.28. The molecule has 1 aliphatic rings. The lowest BCUT2D eigenvalue weighted by molar-refractivity contribution is -0.260. The Labute approximate surface area is 77.1 Å². The molecule has 1 fully saturated rings. The van der Waals surface area contributed by atoms with Crippen LogP contribution in [0.1, 0.15) is 12.8 Å². The molecule has 0 aromatic carbocycles. The molecular formula is C7H14ClF2NO. The van der Waals surface area contributed by atoms with Crippen molar-refractivity contribution in [2.75, 3.05) is 20.2 Å². The summed E-state index contributed by atoms with van der Waals surface area (Å²) in [5.41, 5.74) is 0. The van der Waals surface area contributed by atoms with Gasteiger partial charge in [0.2, 0.25) is 0 Å². The topological polar surface area (TPSA) is 21.3 Å².